The lowest BCUT2D eigenvalue weighted by atomic mass is 10.2. The minimum Gasteiger partial charge on any atom is -0.368 e. The molecule has 24 heavy (non-hydrogen) atoms. The molecule has 4 rings (SSSR count). The molecule has 0 amide bonds. The number of hydrogen-bond donors (Lipinski definition) is 1. The van der Waals surface area contributed by atoms with Crippen LogP contribution in [0.5, 0.6) is 0 Å². The third-order valence-electron chi connectivity index (χ3n) is 4.46. The van der Waals surface area contributed by atoms with Crippen LogP contribution in [-0.4, -0.2) is 46.0 Å². The molecule has 0 spiro atoms. The minimum atomic E-state index is 0.736. The van der Waals surface area contributed by atoms with Crippen molar-refractivity contribution >= 4 is 16.7 Å². The summed E-state index contributed by atoms with van der Waals surface area (Å²) in [5.74, 6) is 1.64. The van der Waals surface area contributed by atoms with Crippen LogP contribution in [-0.2, 0) is 0 Å². The average molecular weight is 319 g/mol. The quantitative estimate of drug-likeness (QED) is 0.782. The van der Waals surface area contributed by atoms with E-state index in [-0.39, 0.29) is 0 Å². The van der Waals surface area contributed by atoms with Crippen LogP contribution in [0.3, 0.4) is 0 Å². The SMILES string of the molecule is c1ccc2c(NCCN3CCCC3)nc(-c3ccncc3)nc2c1. The molecule has 5 nitrogen and oxygen atoms in total. The standard InChI is InChI=1S/C19H21N5/c1-2-6-17-16(5-1)19(21-11-14-24-12-3-4-13-24)23-18(22-17)15-7-9-20-10-8-15/h1-2,5-10H,3-4,11-14H2,(H,21,22,23). The van der Waals surface area contributed by atoms with Crippen molar-refractivity contribution in [1.82, 2.24) is 19.9 Å². The monoisotopic (exact) mass is 319 g/mol. The number of likely N-dealkylation sites (tertiary alicyclic amines) is 1. The van der Waals surface area contributed by atoms with E-state index in [2.05, 4.69) is 21.3 Å². The van der Waals surface area contributed by atoms with Gasteiger partial charge in [0, 0.05) is 36.4 Å². The van der Waals surface area contributed by atoms with Crippen molar-refractivity contribution in [3.05, 3.63) is 48.8 Å². The largest absolute Gasteiger partial charge is 0.368 e. The average Bonchev–Trinajstić information content (AvgIpc) is 3.16. The second-order valence-corrected chi connectivity index (χ2v) is 6.12. The topological polar surface area (TPSA) is 53.9 Å². The Balaban J connectivity index is 1.62. The molecule has 1 saturated heterocycles. The molecule has 1 fully saturated rings. The molecule has 0 saturated carbocycles. The maximum Gasteiger partial charge on any atom is 0.162 e. The van der Waals surface area contributed by atoms with Crippen LogP contribution in [0.4, 0.5) is 5.82 Å². The van der Waals surface area contributed by atoms with Gasteiger partial charge in [0.2, 0.25) is 0 Å². The fraction of sp³-hybridized carbons (Fsp3) is 0.316. The molecule has 0 radical (unpaired) electrons. The number of anilines is 1. The van der Waals surface area contributed by atoms with Crippen molar-refractivity contribution in [2.75, 3.05) is 31.5 Å². The number of pyridine rings is 1. The number of hydrogen-bond acceptors (Lipinski definition) is 5. The summed E-state index contributed by atoms with van der Waals surface area (Å²) in [6.07, 6.45) is 6.19. The first-order valence-electron chi connectivity index (χ1n) is 8.53. The molecule has 1 aromatic carbocycles. The lowest BCUT2D eigenvalue weighted by molar-refractivity contribution is 0.352. The highest BCUT2D eigenvalue weighted by Crippen LogP contribution is 2.24. The molecule has 2 aromatic heterocycles. The molecule has 1 N–H and O–H groups in total. The highest BCUT2D eigenvalue weighted by Gasteiger charge is 2.12. The van der Waals surface area contributed by atoms with Crippen LogP contribution < -0.4 is 5.32 Å². The Morgan fingerprint density at radius 3 is 2.58 bits per heavy atom. The van der Waals surface area contributed by atoms with Crippen molar-refractivity contribution in [1.29, 1.82) is 0 Å². The molecule has 0 atom stereocenters. The number of benzene rings is 1. The van der Waals surface area contributed by atoms with Gasteiger partial charge in [-0.1, -0.05) is 12.1 Å². The predicted octanol–water partition coefficient (Wildman–Crippen LogP) is 3.20. The Morgan fingerprint density at radius 1 is 0.958 bits per heavy atom. The van der Waals surface area contributed by atoms with Crippen LogP contribution in [0.2, 0.25) is 0 Å². The molecular weight excluding hydrogens is 298 g/mol. The van der Waals surface area contributed by atoms with Crippen molar-refractivity contribution in [2.24, 2.45) is 0 Å². The summed E-state index contributed by atoms with van der Waals surface area (Å²) in [5.41, 5.74) is 1.95. The van der Waals surface area contributed by atoms with Gasteiger partial charge in [-0.05, 0) is 50.2 Å². The van der Waals surface area contributed by atoms with Crippen LogP contribution in [0.25, 0.3) is 22.3 Å². The molecule has 0 bridgehead atoms. The van der Waals surface area contributed by atoms with Gasteiger partial charge in [-0.25, -0.2) is 9.97 Å². The fourth-order valence-electron chi connectivity index (χ4n) is 3.18. The number of fused-ring (bicyclic) bond motifs is 1. The summed E-state index contributed by atoms with van der Waals surface area (Å²) in [7, 11) is 0. The van der Waals surface area contributed by atoms with Crippen molar-refractivity contribution in [3.8, 4) is 11.4 Å². The molecular formula is C19H21N5. The van der Waals surface area contributed by atoms with Crippen molar-refractivity contribution < 1.29 is 0 Å². The minimum absolute atomic E-state index is 0.736. The predicted molar refractivity (Wildman–Crippen MR) is 96.9 cm³/mol. The summed E-state index contributed by atoms with van der Waals surface area (Å²) in [6, 6.07) is 12.0. The second-order valence-electron chi connectivity index (χ2n) is 6.12. The molecule has 122 valence electrons. The zero-order valence-corrected chi connectivity index (χ0v) is 13.7. The second kappa shape index (κ2) is 6.93. The summed E-state index contributed by atoms with van der Waals surface area (Å²) in [6.45, 7) is 4.39. The van der Waals surface area contributed by atoms with Gasteiger partial charge < -0.3 is 10.2 Å². The lowest BCUT2D eigenvalue weighted by Gasteiger charge is -2.16. The number of rotatable bonds is 5. The van der Waals surface area contributed by atoms with Gasteiger partial charge in [0.15, 0.2) is 5.82 Å². The normalized spacial score (nSPS) is 15.0. The Labute approximate surface area is 141 Å². The first-order chi connectivity index (χ1) is 11.9. The molecule has 0 aliphatic carbocycles. The summed E-state index contributed by atoms with van der Waals surface area (Å²) in [4.78, 5) is 16.0. The Hall–Kier alpha value is -2.53. The Bertz CT molecular complexity index is 812. The van der Waals surface area contributed by atoms with Gasteiger partial charge in [-0.2, -0.15) is 0 Å². The Kier molecular flexibility index (Phi) is 4.34. The highest BCUT2D eigenvalue weighted by molar-refractivity contribution is 5.90. The Morgan fingerprint density at radius 2 is 1.75 bits per heavy atom. The molecule has 1 aliphatic heterocycles. The summed E-state index contributed by atoms with van der Waals surface area (Å²) < 4.78 is 0. The van der Waals surface area contributed by atoms with E-state index in [1.54, 1.807) is 12.4 Å². The fourth-order valence-corrected chi connectivity index (χ4v) is 3.18. The van der Waals surface area contributed by atoms with E-state index < -0.39 is 0 Å². The molecule has 3 aromatic rings. The zero-order chi connectivity index (χ0) is 16.2. The van der Waals surface area contributed by atoms with E-state index in [9.17, 15) is 0 Å². The van der Waals surface area contributed by atoms with E-state index >= 15 is 0 Å². The van der Waals surface area contributed by atoms with Gasteiger partial charge in [0.1, 0.15) is 5.82 Å². The first kappa shape index (κ1) is 15.0. The van der Waals surface area contributed by atoms with Crippen LogP contribution in [0.1, 0.15) is 12.8 Å². The smallest absolute Gasteiger partial charge is 0.162 e. The van der Waals surface area contributed by atoms with E-state index in [1.165, 1.54) is 25.9 Å². The van der Waals surface area contributed by atoms with Gasteiger partial charge in [-0.15, -0.1) is 0 Å². The number of aromatic nitrogens is 3. The maximum absolute atomic E-state index is 4.77. The van der Waals surface area contributed by atoms with E-state index in [0.29, 0.717) is 0 Å². The van der Waals surface area contributed by atoms with Gasteiger partial charge in [0.05, 0.1) is 5.52 Å². The number of nitrogens with zero attached hydrogens (tertiary/aromatic N) is 4. The lowest BCUT2D eigenvalue weighted by Crippen LogP contribution is -2.26. The van der Waals surface area contributed by atoms with Crippen molar-refractivity contribution in [2.45, 2.75) is 12.8 Å². The van der Waals surface area contributed by atoms with Crippen LogP contribution in [0, 0.1) is 0 Å². The highest BCUT2D eigenvalue weighted by atomic mass is 15.2. The third-order valence-corrected chi connectivity index (χ3v) is 4.46. The third kappa shape index (κ3) is 3.21. The number of nitrogens with one attached hydrogen (secondary N) is 1. The summed E-state index contributed by atoms with van der Waals surface area (Å²) in [5, 5.41) is 4.58. The van der Waals surface area contributed by atoms with Gasteiger partial charge in [-0.3, -0.25) is 4.98 Å². The van der Waals surface area contributed by atoms with E-state index in [4.69, 9.17) is 9.97 Å². The number of para-hydroxylation sites is 1. The summed E-state index contributed by atoms with van der Waals surface area (Å²) >= 11 is 0. The van der Waals surface area contributed by atoms with Crippen molar-refractivity contribution in [3.63, 3.8) is 0 Å². The van der Waals surface area contributed by atoms with Crippen LogP contribution >= 0.6 is 0 Å². The van der Waals surface area contributed by atoms with E-state index in [1.807, 2.05) is 30.3 Å². The first-order valence-corrected chi connectivity index (χ1v) is 8.53. The molecule has 3 heterocycles. The van der Waals surface area contributed by atoms with Gasteiger partial charge >= 0.3 is 0 Å². The van der Waals surface area contributed by atoms with Gasteiger partial charge in [0.25, 0.3) is 0 Å². The molecule has 0 unspecified atom stereocenters. The van der Waals surface area contributed by atoms with Crippen LogP contribution in [0.15, 0.2) is 48.8 Å². The molecule has 1 aliphatic rings. The van der Waals surface area contributed by atoms with E-state index in [0.717, 1.165) is 41.2 Å². The molecule has 5 heteroatoms. The maximum atomic E-state index is 4.77. The zero-order valence-electron chi connectivity index (χ0n) is 13.7.